The quantitative estimate of drug-likeness (QED) is 0.707. The molecule has 0 saturated heterocycles. The third kappa shape index (κ3) is 1.46. The van der Waals surface area contributed by atoms with Gasteiger partial charge in [0.25, 0.3) is 0 Å². The van der Waals surface area contributed by atoms with E-state index in [1.54, 1.807) is 6.07 Å². The molecule has 2 aromatic rings. The number of aromatic hydroxyl groups is 1. The SMILES string of the molecule is O=c1oc2cc(O)ccc2s1.S. The molecular formula is C7H6O3S2. The Morgan fingerprint density at radius 3 is 2.92 bits per heavy atom. The minimum atomic E-state index is -0.342. The second-order valence-electron chi connectivity index (χ2n) is 2.09. The van der Waals surface area contributed by atoms with Crippen molar-refractivity contribution >= 4 is 35.1 Å². The summed E-state index contributed by atoms with van der Waals surface area (Å²) in [5.41, 5.74) is 0.444. The normalized spacial score (nSPS) is 9.67. The van der Waals surface area contributed by atoms with Crippen LogP contribution in [0.1, 0.15) is 0 Å². The Morgan fingerprint density at radius 2 is 2.17 bits per heavy atom. The van der Waals surface area contributed by atoms with E-state index in [4.69, 9.17) is 9.52 Å². The maximum absolute atomic E-state index is 10.7. The van der Waals surface area contributed by atoms with Crippen molar-refractivity contribution < 1.29 is 9.52 Å². The summed E-state index contributed by atoms with van der Waals surface area (Å²) >= 11 is 1.03. The van der Waals surface area contributed by atoms with Crippen molar-refractivity contribution in [2.45, 2.75) is 0 Å². The van der Waals surface area contributed by atoms with Crippen molar-refractivity contribution in [3.63, 3.8) is 0 Å². The van der Waals surface area contributed by atoms with Crippen molar-refractivity contribution in [1.82, 2.24) is 0 Å². The Balaban J connectivity index is 0.000000720. The van der Waals surface area contributed by atoms with E-state index in [-0.39, 0.29) is 24.2 Å². The molecule has 0 atom stereocenters. The van der Waals surface area contributed by atoms with Crippen LogP contribution in [-0.4, -0.2) is 5.11 Å². The Labute approximate surface area is 78.7 Å². The van der Waals surface area contributed by atoms with Gasteiger partial charge >= 0.3 is 4.94 Å². The molecule has 0 aliphatic rings. The van der Waals surface area contributed by atoms with Gasteiger partial charge in [-0.1, -0.05) is 11.3 Å². The third-order valence-corrected chi connectivity index (χ3v) is 2.12. The fraction of sp³-hybridized carbons (Fsp3) is 0. The van der Waals surface area contributed by atoms with Crippen LogP contribution in [-0.2, 0) is 0 Å². The van der Waals surface area contributed by atoms with Crippen molar-refractivity contribution in [2.24, 2.45) is 0 Å². The monoisotopic (exact) mass is 202 g/mol. The molecule has 0 amide bonds. The Bertz CT molecular complexity index is 443. The minimum absolute atomic E-state index is 0. The van der Waals surface area contributed by atoms with Gasteiger partial charge in [-0.15, -0.1) is 0 Å². The smallest absolute Gasteiger partial charge is 0.396 e. The number of hydrogen-bond donors (Lipinski definition) is 1. The van der Waals surface area contributed by atoms with Gasteiger partial charge in [0.15, 0.2) is 5.58 Å². The zero-order chi connectivity index (χ0) is 7.84. The van der Waals surface area contributed by atoms with Gasteiger partial charge in [0.2, 0.25) is 0 Å². The van der Waals surface area contributed by atoms with Gasteiger partial charge in [0.1, 0.15) is 5.75 Å². The van der Waals surface area contributed by atoms with E-state index in [0.29, 0.717) is 5.58 Å². The van der Waals surface area contributed by atoms with Crippen LogP contribution in [0.3, 0.4) is 0 Å². The molecule has 0 radical (unpaired) electrons. The first-order chi connectivity index (χ1) is 5.25. The lowest BCUT2D eigenvalue weighted by Gasteiger charge is -1.87. The minimum Gasteiger partial charge on any atom is -0.508 e. The van der Waals surface area contributed by atoms with Crippen LogP contribution < -0.4 is 4.94 Å². The second-order valence-corrected chi connectivity index (χ2v) is 3.06. The number of fused-ring (bicyclic) bond motifs is 1. The van der Waals surface area contributed by atoms with E-state index >= 15 is 0 Å². The number of hydrogen-bond acceptors (Lipinski definition) is 4. The molecule has 0 aliphatic heterocycles. The first kappa shape index (κ1) is 9.15. The fourth-order valence-corrected chi connectivity index (χ4v) is 1.51. The highest BCUT2D eigenvalue weighted by Gasteiger charge is 2.00. The average Bonchev–Trinajstić information content (AvgIpc) is 2.27. The topological polar surface area (TPSA) is 50.4 Å². The number of benzene rings is 1. The highest BCUT2D eigenvalue weighted by atomic mass is 32.1. The third-order valence-electron chi connectivity index (χ3n) is 1.31. The summed E-state index contributed by atoms with van der Waals surface area (Å²) in [5, 5.41) is 8.98. The van der Waals surface area contributed by atoms with Gasteiger partial charge < -0.3 is 9.52 Å². The molecule has 2 rings (SSSR count). The molecule has 0 saturated carbocycles. The Kier molecular flexibility index (Phi) is 2.44. The summed E-state index contributed by atoms with van der Waals surface area (Å²) in [7, 11) is 0. The van der Waals surface area contributed by atoms with E-state index in [2.05, 4.69) is 0 Å². The van der Waals surface area contributed by atoms with Crippen LogP contribution in [0.4, 0.5) is 0 Å². The number of phenolic OH excluding ortho intramolecular Hbond substituents is 1. The predicted molar refractivity (Wildman–Crippen MR) is 52.4 cm³/mol. The number of phenols is 1. The van der Waals surface area contributed by atoms with Gasteiger partial charge in [0.05, 0.1) is 4.70 Å². The van der Waals surface area contributed by atoms with Gasteiger partial charge in [-0.05, 0) is 12.1 Å². The summed E-state index contributed by atoms with van der Waals surface area (Å²) in [6, 6.07) is 4.60. The maximum Gasteiger partial charge on any atom is 0.396 e. The van der Waals surface area contributed by atoms with E-state index in [1.807, 2.05) is 0 Å². The van der Waals surface area contributed by atoms with E-state index in [1.165, 1.54) is 12.1 Å². The Hall–Kier alpha value is -0.940. The van der Waals surface area contributed by atoms with Crippen molar-refractivity contribution in [3.05, 3.63) is 27.9 Å². The van der Waals surface area contributed by atoms with Crippen molar-refractivity contribution in [3.8, 4) is 5.75 Å². The van der Waals surface area contributed by atoms with Gasteiger partial charge in [-0.2, -0.15) is 13.5 Å². The van der Waals surface area contributed by atoms with Crippen LogP contribution in [0.5, 0.6) is 5.75 Å². The van der Waals surface area contributed by atoms with Crippen LogP contribution >= 0.6 is 24.8 Å². The summed E-state index contributed by atoms with van der Waals surface area (Å²) in [4.78, 5) is 10.3. The molecule has 0 spiro atoms. The van der Waals surface area contributed by atoms with E-state index in [0.717, 1.165) is 16.0 Å². The molecular weight excluding hydrogens is 196 g/mol. The molecule has 0 unspecified atom stereocenters. The van der Waals surface area contributed by atoms with Crippen molar-refractivity contribution in [1.29, 1.82) is 0 Å². The first-order valence-electron chi connectivity index (χ1n) is 2.98. The molecule has 0 bridgehead atoms. The summed E-state index contributed by atoms with van der Waals surface area (Å²) in [6.45, 7) is 0. The van der Waals surface area contributed by atoms with E-state index in [9.17, 15) is 4.79 Å². The lowest BCUT2D eigenvalue weighted by Crippen LogP contribution is -1.79. The lowest BCUT2D eigenvalue weighted by molar-refractivity contribution is 0.474. The molecule has 1 heterocycles. The molecule has 1 aromatic carbocycles. The Morgan fingerprint density at radius 1 is 1.42 bits per heavy atom. The zero-order valence-electron chi connectivity index (χ0n) is 5.90. The zero-order valence-corrected chi connectivity index (χ0v) is 7.72. The van der Waals surface area contributed by atoms with Gasteiger partial charge in [-0.3, -0.25) is 0 Å². The lowest BCUT2D eigenvalue weighted by atomic mass is 10.3. The standard InChI is InChI=1S/C7H4O3S.H2S/c8-4-1-2-6-5(3-4)10-7(9)11-6;/h1-3,8H;1H2. The van der Waals surface area contributed by atoms with Crippen LogP contribution in [0.25, 0.3) is 10.3 Å². The highest BCUT2D eigenvalue weighted by molar-refractivity contribution is 7.59. The first-order valence-corrected chi connectivity index (χ1v) is 3.80. The fourth-order valence-electron chi connectivity index (χ4n) is 0.861. The summed E-state index contributed by atoms with van der Waals surface area (Å²) in [6.07, 6.45) is 0. The molecule has 1 aromatic heterocycles. The van der Waals surface area contributed by atoms with E-state index < -0.39 is 0 Å². The molecule has 0 aliphatic carbocycles. The molecule has 0 fully saturated rings. The van der Waals surface area contributed by atoms with Crippen LogP contribution in [0.2, 0.25) is 0 Å². The predicted octanol–water partition coefficient (Wildman–Crippen LogP) is 1.67. The summed E-state index contributed by atoms with van der Waals surface area (Å²) < 4.78 is 5.51. The average molecular weight is 202 g/mol. The van der Waals surface area contributed by atoms with Crippen LogP contribution in [0, 0.1) is 0 Å². The van der Waals surface area contributed by atoms with Crippen molar-refractivity contribution in [2.75, 3.05) is 0 Å². The molecule has 3 nitrogen and oxygen atoms in total. The molecule has 5 heteroatoms. The second kappa shape index (κ2) is 3.20. The maximum atomic E-state index is 10.7. The number of rotatable bonds is 0. The molecule has 64 valence electrons. The van der Waals surface area contributed by atoms with Gasteiger partial charge in [0, 0.05) is 6.07 Å². The summed E-state index contributed by atoms with van der Waals surface area (Å²) in [5.74, 6) is 0.110. The molecule has 12 heavy (non-hydrogen) atoms. The molecule has 1 N–H and O–H groups in total. The van der Waals surface area contributed by atoms with Gasteiger partial charge in [-0.25, -0.2) is 4.79 Å². The largest absolute Gasteiger partial charge is 0.508 e. The van der Waals surface area contributed by atoms with Crippen LogP contribution in [0.15, 0.2) is 27.4 Å². The highest BCUT2D eigenvalue weighted by Crippen LogP contribution is 2.21.